The summed E-state index contributed by atoms with van der Waals surface area (Å²) in [6.07, 6.45) is 5.31. The quantitative estimate of drug-likeness (QED) is 0.537. The molecule has 6 rings (SSSR count). The number of ether oxygens (including phenoxy) is 2. The van der Waals surface area contributed by atoms with Gasteiger partial charge in [0.1, 0.15) is 23.6 Å². The van der Waals surface area contributed by atoms with E-state index in [0.29, 0.717) is 42.5 Å². The third-order valence-electron chi connectivity index (χ3n) is 5.46. The van der Waals surface area contributed by atoms with Gasteiger partial charge >= 0.3 is 0 Å². The Labute approximate surface area is 164 Å². The number of nitrogens with zero attached hydrogens (tertiary/aromatic N) is 5. The lowest BCUT2D eigenvalue weighted by atomic mass is 9.96. The van der Waals surface area contributed by atoms with Gasteiger partial charge in [-0.1, -0.05) is 0 Å². The molecule has 1 aromatic carbocycles. The predicted molar refractivity (Wildman–Crippen MR) is 102 cm³/mol. The maximum absolute atomic E-state index is 14.6. The summed E-state index contributed by atoms with van der Waals surface area (Å²) in [5.74, 6) is 1.75. The van der Waals surface area contributed by atoms with Crippen LogP contribution >= 0.6 is 0 Å². The Morgan fingerprint density at radius 1 is 1.21 bits per heavy atom. The normalized spacial score (nSPS) is 17.4. The molecule has 3 aromatic heterocycles. The number of anilines is 1. The molecule has 5 heterocycles. The minimum Gasteiger partial charge on any atom is -0.493 e. The van der Waals surface area contributed by atoms with Crippen molar-refractivity contribution >= 4 is 11.5 Å². The van der Waals surface area contributed by atoms with Gasteiger partial charge in [0.2, 0.25) is 0 Å². The van der Waals surface area contributed by atoms with Crippen LogP contribution in [0.5, 0.6) is 11.5 Å². The number of hydrogen-bond acceptors (Lipinski definition) is 6. The van der Waals surface area contributed by atoms with Crippen LogP contribution in [-0.2, 0) is 6.54 Å². The van der Waals surface area contributed by atoms with E-state index in [9.17, 15) is 4.39 Å². The highest BCUT2D eigenvalue weighted by Crippen LogP contribution is 2.41. The molecule has 0 radical (unpaired) electrons. The molecular formula is C20H17FN6O2. The van der Waals surface area contributed by atoms with Crippen molar-refractivity contribution in [3.8, 4) is 17.2 Å². The van der Waals surface area contributed by atoms with Crippen molar-refractivity contribution in [1.29, 1.82) is 0 Å². The molecule has 8 nitrogen and oxygen atoms in total. The van der Waals surface area contributed by atoms with E-state index in [-0.39, 0.29) is 11.7 Å². The fourth-order valence-corrected chi connectivity index (χ4v) is 4.08. The molecule has 0 saturated carbocycles. The third kappa shape index (κ3) is 2.40. The van der Waals surface area contributed by atoms with Crippen LogP contribution in [0.4, 0.5) is 10.2 Å². The zero-order valence-corrected chi connectivity index (χ0v) is 15.6. The topological polar surface area (TPSA) is 78.5 Å². The van der Waals surface area contributed by atoms with Crippen LogP contribution in [0.2, 0.25) is 0 Å². The van der Waals surface area contributed by atoms with Crippen LogP contribution in [0, 0.1) is 12.7 Å². The molecule has 0 aliphatic carbocycles. The highest BCUT2D eigenvalue weighted by molar-refractivity contribution is 5.69. The summed E-state index contributed by atoms with van der Waals surface area (Å²) >= 11 is 0. The summed E-state index contributed by atoms with van der Waals surface area (Å²) in [4.78, 5) is 0. The first kappa shape index (κ1) is 16.3. The van der Waals surface area contributed by atoms with Crippen molar-refractivity contribution in [3.05, 3.63) is 59.4 Å². The summed E-state index contributed by atoms with van der Waals surface area (Å²) in [6, 6.07) is 5.03. The monoisotopic (exact) mass is 392 g/mol. The Morgan fingerprint density at radius 3 is 2.90 bits per heavy atom. The molecule has 0 saturated heterocycles. The number of nitrogens with one attached hydrogen (secondary N) is 1. The van der Waals surface area contributed by atoms with Gasteiger partial charge in [-0.25, -0.2) is 9.07 Å². The molecule has 2 aliphatic rings. The highest BCUT2D eigenvalue weighted by atomic mass is 19.1. The fraction of sp³-hybridized carbons (Fsp3) is 0.250. The second kappa shape index (κ2) is 5.94. The maximum Gasteiger partial charge on any atom is 0.188 e. The van der Waals surface area contributed by atoms with E-state index in [4.69, 9.17) is 9.47 Å². The predicted octanol–water partition coefficient (Wildman–Crippen LogP) is 2.84. The lowest BCUT2D eigenvalue weighted by Crippen LogP contribution is -2.13. The van der Waals surface area contributed by atoms with Crippen LogP contribution in [0.15, 0.2) is 36.9 Å². The second-order valence-corrected chi connectivity index (χ2v) is 7.34. The Balaban J connectivity index is 1.52. The largest absolute Gasteiger partial charge is 0.493 e. The van der Waals surface area contributed by atoms with Crippen molar-refractivity contribution in [2.75, 3.05) is 18.5 Å². The lowest BCUT2D eigenvalue weighted by Gasteiger charge is -2.16. The molecule has 0 bridgehead atoms. The first-order valence-electron chi connectivity index (χ1n) is 9.38. The van der Waals surface area contributed by atoms with E-state index in [1.807, 2.05) is 23.6 Å². The van der Waals surface area contributed by atoms with E-state index in [2.05, 4.69) is 20.6 Å². The van der Waals surface area contributed by atoms with Crippen molar-refractivity contribution < 1.29 is 13.9 Å². The molecule has 0 unspecified atom stereocenters. The maximum atomic E-state index is 14.6. The first-order valence-corrected chi connectivity index (χ1v) is 9.38. The smallest absolute Gasteiger partial charge is 0.188 e. The van der Waals surface area contributed by atoms with Gasteiger partial charge in [0.05, 0.1) is 25.3 Å². The van der Waals surface area contributed by atoms with Gasteiger partial charge < -0.3 is 14.8 Å². The van der Waals surface area contributed by atoms with E-state index in [1.165, 1.54) is 6.07 Å². The molecule has 1 atom stereocenters. The van der Waals surface area contributed by atoms with Crippen LogP contribution < -0.4 is 14.8 Å². The lowest BCUT2D eigenvalue weighted by molar-refractivity contribution is 0.249. The number of halogens is 1. The highest BCUT2D eigenvalue weighted by Gasteiger charge is 2.31. The standard InChI is InChI=1S/C20H17FN6O2/c1-11-5-24-27(7-11)15-4-17-20(26-10-23-25-19(15)26)22-6-13-14(21)2-3-16-18(13)12(8-28-16)9-29-17/h2-5,7,10,12,22H,6,8-9H2,1H3/t12-/m1/s1. The molecule has 2 aliphatic heterocycles. The van der Waals surface area contributed by atoms with Crippen molar-refractivity contribution in [2.45, 2.75) is 19.4 Å². The van der Waals surface area contributed by atoms with Crippen molar-refractivity contribution in [1.82, 2.24) is 24.4 Å². The van der Waals surface area contributed by atoms with E-state index < -0.39 is 0 Å². The summed E-state index contributed by atoms with van der Waals surface area (Å²) < 4.78 is 30.2. The molecular weight excluding hydrogens is 375 g/mol. The minimum absolute atomic E-state index is 0.0320. The number of benzene rings is 1. The van der Waals surface area contributed by atoms with Crippen molar-refractivity contribution in [2.24, 2.45) is 0 Å². The van der Waals surface area contributed by atoms with Crippen LogP contribution in [0.3, 0.4) is 0 Å². The first-order chi connectivity index (χ1) is 14.2. The van der Waals surface area contributed by atoms with Gasteiger partial charge in [0.25, 0.3) is 0 Å². The summed E-state index contributed by atoms with van der Waals surface area (Å²) in [6.45, 7) is 3.13. The van der Waals surface area contributed by atoms with Crippen molar-refractivity contribution in [3.63, 3.8) is 0 Å². The summed E-state index contributed by atoms with van der Waals surface area (Å²) in [5, 5.41) is 16.0. The number of rotatable bonds is 1. The minimum atomic E-state index is -0.251. The molecule has 146 valence electrons. The molecule has 0 amide bonds. The van der Waals surface area contributed by atoms with Gasteiger partial charge in [0, 0.05) is 29.9 Å². The number of aromatic nitrogens is 5. The zero-order chi connectivity index (χ0) is 19.5. The Morgan fingerprint density at radius 2 is 2.07 bits per heavy atom. The van der Waals surface area contributed by atoms with Crippen LogP contribution in [0.25, 0.3) is 11.3 Å². The average molecular weight is 392 g/mol. The summed E-state index contributed by atoms with van der Waals surface area (Å²) in [5.41, 5.74) is 3.90. The zero-order valence-electron chi connectivity index (χ0n) is 15.6. The molecule has 0 fully saturated rings. The second-order valence-electron chi connectivity index (χ2n) is 7.34. The van der Waals surface area contributed by atoms with E-state index in [0.717, 1.165) is 22.6 Å². The SMILES string of the molecule is Cc1cnn(-c2cc3c(n4cnnc24)NCc2c(F)ccc4c2[C@H](CO4)CO3)c1. The number of pyridine rings is 1. The number of hydrogen-bond donors (Lipinski definition) is 1. The van der Waals surface area contributed by atoms with Crippen LogP contribution in [-0.4, -0.2) is 37.6 Å². The summed E-state index contributed by atoms with van der Waals surface area (Å²) in [7, 11) is 0. The third-order valence-corrected chi connectivity index (χ3v) is 5.46. The Kier molecular flexibility index (Phi) is 3.35. The van der Waals surface area contributed by atoms with E-state index in [1.54, 1.807) is 23.3 Å². The molecule has 4 aromatic rings. The Hall–Kier alpha value is -3.62. The molecule has 0 spiro atoms. The van der Waals surface area contributed by atoms with Gasteiger partial charge in [-0.3, -0.25) is 4.40 Å². The molecule has 29 heavy (non-hydrogen) atoms. The average Bonchev–Trinajstić information content (AvgIpc) is 3.45. The van der Waals surface area contributed by atoms with Crippen LogP contribution in [0.1, 0.15) is 22.6 Å². The van der Waals surface area contributed by atoms with Gasteiger partial charge in [-0.05, 0) is 24.6 Å². The number of aryl methyl sites for hydroxylation is 1. The van der Waals surface area contributed by atoms with Gasteiger partial charge in [-0.2, -0.15) is 5.10 Å². The fourth-order valence-electron chi connectivity index (χ4n) is 4.08. The number of fused-ring (bicyclic) bond motifs is 3. The Bertz CT molecular complexity index is 1260. The molecule has 1 N–H and O–H groups in total. The van der Waals surface area contributed by atoms with E-state index >= 15 is 0 Å². The van der Waals surface area contributed by atoms with Gasteiger partial charge in [0.15, 0.2) is 17.2 Å². The van der Waals surface area contributed by atoms with Gasteiger partial charge in [-0.15, -0.1) is 10.2 Å². The molecule has 9 heteroatoms.